The van der Waals surface area contributed by atoms with Gasteiger partial charge < -0.3 is 10.2 Å². The van der Waals surface area contributed by atoms with Crippen molar-refractivity contribution in [3.63, 3.8) is 0 Å². The number of rotatable bonds is 3. The summed E-state index contributed by atoms with van der Waals surface area (Å²) in [6.07, 6.45) is 7.08. The monoisotopic (exact) mass is 226 g/mol. The Kier molecular flexibility index (Phi) is 5.77. The normalized spacial score (nSPS) is 24.8. The van der Waals surface area contributed by atoms with Gasteiger partial charge in [0.05, 0.1) is 0 Å². The van der Waals surface area contributed by atoms with Crippen molar-refractivity contribution in [1.82, 2.24) is 10.2 Å². The van der Waals surface area contributed by atoms with E-state index in [0.29, 0.717) is 0 Å². The van der Waals surface area contributed by atoms with Crippen molar-refractivity contribution in [2.24, 2.45) is 5.41 Å². The second kappa shape index (κ2) is 6.61. The van der Waals surface area contributed by atoms with Crippen molar-refractivity contribution in [3.05, 3.63) is 0 Å². The minimum absolute atomic E-state index is 0.748. The van der Waals surface area contributed by atoms with Gasteiger partial charge in [0.15, 0.2) is 0 Å². The van der Waals surface area contributed by atoms with Crippen LogP contribution in [0.2, 0.25) is 0 Å². The Morgan fingerprint density at radius 2 is 1.75 bits per heavy atom. The van der Waals surface area contributed by atoms with Crippen molar-refractivity contribution in [2.75, 3.05) is 26.7 Å². The first-order valence-corrected chi connectivity index (χ1v) is 7.18. The lowest BCUT2D eigenvalue weighted by atomic mass is 9.60. The number of nitrogens with zero attached hydrogens (tertiary/aromatic N) is 1. The van der Waals surface area contributed by atoms with Crippen LogP contribution in [0, 0.1) is 5.41 Å². The van der Waals surface area contributed by atoms with Crippen LogP contribution in [0.15, 0.2) is 0 Å². The summed E-state index contributed by atoms with van der Waals surface area (Å²) in [6.45, 7) is 10.3. The maximum absolute atomic E-state index is 3.40. The number of likely N-dealkylation sites (tertiary alicyclic amines) is 1. The lowest BCUT2D eigenvalue weighted by Crippen LogP contribution is -2.53. The van der Waals surface area contributed by atoms with Crippen LogP contribution < -0.4 is 5.32 Å². The van der Waals surface area contributed by atoms with Gasteiger partial charge >= 0.3 is 0 Å². The van der Waals surface area contributed by atoms with Gasteiger partial charge in [0.25, 0.3) is 0 Å². The number of hydrogen-bond acceptors (Lipinski definition) is 2. The van der Waals surface area contributed by atoms with Crippen LogP contribution in [0.1, 0.15) is 52.9 Å². The molecule has 0 aromatic heterocycles. The first-order chi connectivity index (χ1) is 7.78. The van der Waals surface area contributed by atoms with E-state index in [4.69, 9.17) is 0 Å². The molecule has 0 aromatic rings. The van der Waals surface area contributed by atoms with Crippen molar-refractivity contribution >= 4 is 0 Å². The van der Waals surface area contributed by atoms with Gasteiger partial charge in [-0.1, -0.05) is 20.8 Å². The molecule has 16 heavy (non-hydrogen) atoms. The molecule has 0 radical (unpaired) electrons. The lowest BCUT2D eigenvalue weighted by molar-refractivity contribution is 0.00864. The van der Waals surface area contributed by atoms with Crippen LogP contribution in [0.5, 0.6) is 0 Å². The maximum Gasteiger partial charge on any atom is 0.00746 e. The van der Waals surface area contributed by atoms with Gasteiger partial charge in [0.1, 0.15) is 0 Å². The molecule has 0 amide bonds. The Balaban J connectivity index is 0.000000606. The zero-order valence-electron chi connectivity index (χ0n) is 11.7. The number of piperidine rings is 1. The SMILES string of the molecule is CC.CCCN1CCC2(CC1)CC(NC)C2. The van der Waals surface area contributed by atoms with E-state index in [-0.39, 0.29) is 0 Å². The summed E-state index contributed by atoms with van der Waals surface area (Å²) in [5.41, 5.74) is 0.748. The van der Waals surface area contributed by atoms with Gasteiger partial charge in [-0.05, 0) is 64.2 Å². The van der Waals surface area contributed by atoms with E-state index in [1.54, 1.807) is 0 Å². The van der Waals surface area contributed by atoms with Crippen molar-refractivity contribution in [1.29, 1.82) is 0 Å². The molecule has 2 aliphatic rings. The molecule has 2 heteroatoms. The fourth-order valence-electron chi connectivity index (χ4n) is 3.17. The molecule has 0 unspecified atom stereocenters. The maximum atomic E-state index is 3.40. The predicted octanol–water partition coefficient (Wildman–Crippen LogP) is 2.89. The fraction of sp³-hybridized carbons (Fsp3) is 1.00. The second-order valence-electron chi connectivity index (χ2n) is 5.24. The standard InChI is InChI=1S/C12H24N2.C2H6/c1-3-6-14-7-4-12(5-8-14)9-11(10-12)13-2;1-2/h11,13H,3-10H2,1-2H3;1-2H3. The van der Waals surface area contributed by atoms with Gasteiger partial charge in [0, 0.05) is 6.04 Å². The zero-order chi connectivity index (χ0) is 12.0. The quantitative estimate of drug-likeness (QED) is 0.796. The van der Waals surface area contributed by atoms with Gasteiger partial charge in [-0.25, -0.2) is 0 Å². The van der Waals surface area contributed by atoms with E-state index in [0.717, 1.165) is 11.5 Å². The Morgan fingerprint density at radius 1 is 1.19 bits per heavy atom. The number of hydrogen-bond donors (Lipinski definition) is 1. The van der Waals surface area contributed by atoms with Gasteiger partial charge in [0.2, 0.25) is 0 Å². The molecule has 1 saturated carbocycles. The molecule has 0 atom stereocenters. The molecule has 2 fully saturated rings. The van der Waals surface area contributed by atoms with Crippen LogP contribution in [-0.2, 0) is 0 Å². The topological polar surface area (TPSA) is 15.3 Å². The minimum atomic E-state index is 0.748. The van der Waals surface area contributed by atoms with Crippen LogP contribution >= 0.6 is 0 Å². The Hall–Kier alpha value is -0.0800. The predicted molar refractivity (Wildman–Crippen MR) is 71.8 cm³/mol. The van der Waals surface area contributed by atoms with E-state index >= 15 is 0 Å². The average Bonchev–Trinajstić information content (AvgIpc) is 2.30. The summed E-state index contributed by atoms with van der Waals surface area (Å²) >= 11 is 0. The highest BCUT2D eigenvalue weighted by atomic mass is 15.1. The summed E-state index contributed by atoms with van der Waals surface area (Å²) in [4.78, 5) is 2.64. The lowest BCUT2D eigenvalue weighted by Gasteiger charge is -2.52. The molecule has 1 heterocycles. The molecule has 0 aromatic carbocycles. The van der Waals surface area contributed by atoms with E-state index in [2.05, 4.69) is 24.2 Å². The molecular weight excluding hydrogens is 196 g/mol. The molecule has 1 N–H and O–H groups in total. The van der Waals surface area contributed by atoms with Gasteiger partial charge in [-0.15, -0.1) is 0 Å². The molecule has 2 nitrogen and oxygen atoms in total. The Morgan fingerprint density at radius 3 is 2.19 bits per heavy atom. The van der Waals surface area contributed by atoms with Crippen LogP contribution in [-0.4, -0.2) is 37.6 Å². The first-order valence-electron chi connectivity index (χ1n) is 7.18. The highest BCUT2D eigenvalue weighted by molar-refractivity contribution is 4.99. The largest absolute Gasteiger partial charge is 0.317 e. The summed E-state index contributed by atoms with van der Waals surface area (Å²) in [6, 6.07) is 0.827. The summed E-state index contributed by atoms with van der Waals surface area (Å²) < 4.78 is 0. The molecule has 1 spiro atoms. The van der Waals surface area contributed by atoms with Crippen molar-refractivity contribution < 1.29 is 0 Å². The molecule has 1 saturated heterocycles. The van der Waals surface area contributed by atoms with Crippen molar-refractivity contribution in [3.8, 4) is 0 Å². The summed E-state index contributed by atoms with van der Waals surface area (Å²) in [5.74, 6) is 0. The molecule has 0 bridgehead atoms. The molecule has 2 rings (SSSR count). The zero-order valence-corrected chi connectivity index (χ0v) is 11.7. The highest BCUT2D eigenvalue weighted by Crippen LogP contribution is 2.48. The Bertz CT molecular complexity index is 175. The van der Waals surface area contributed by atoms with Crippen LogP contribution in [0.3, 0.4) is 0 Å². The third kappa shape index (κ3) is 3.21. The summed E-state index contributed by atoms with van der Waals surface area (Å²) in [5, 5.41) is 3.40. The average molecular weight is 226 g/mol. The van der Waals surface area contributed by atoms with E-state index in [1.165, 1.54) is 51.7 Å². The van der Waals surface area contributed by atoms with Crippen molar-refractivity contribution in [2.45, 2.75) is 58.9 Å². The van der Waals surface area contributed by atoms with Gasteiger partial charge in [-0.2, -0.15) is 0 Å². The Labute approximate surface area is 102 Å². The van der Waals surface area contributed by atoms with Crippen LogP contribution in [0.4, 0.5) is 0 Å². The first kappa shape index (κ1) is 14.0. The van der Waals surface area contributed by atoms with Crippen LogP contribution in [0.25, 0.3) is 0 Å². The fourth-order valence-corrected chi connectivity index (χ4v) is 3.17. The second-order valence-corrected chi connectivity index (χ2v) is 5.24. The molecule has 1 aliphatic heterocycles. The van der Waals surface area contributed by atoms with E-state index < -0.39 is 0 Å². The third-order valence-corrected chi connectivity index (χ3v) is 4.22. The van der Waals surface area contributed by atoms with E-state index in [1.807, 2.05) is 13.8 Å². The highest BCUT2D eigenvalue weighted by Gasteiger charge is 2.44. The minimum Gasteiger partial charge on any atom is -0.317 e. The smallest absolute Gasteiger partial charge is 0.00746 e. The van der Waals surface area contributed by atoms with Gasteiger partial charge in [-0.3, -0.25) is 0 Å². The molecule has 1 aliphatic carbocycles. The summed E-state index contributed by atoms with van der Waals surface area (Å²) in [7, 11) is 2.10. The number of nitrogens with one attached hydrogen (secondary N) is 1. The third-order valence-electron chi connectivity index (χ3n) is 4.22. The van der Waals surface area contributed by atoms with E-state index in [9.17, 15) is 0 Å². The molecule has 96 valence electrons. The molecular formula is C14H30N2.